The van der Waals surface area contributed by atoms with Crippen LogP contribution < -0.4 is 10.6 Å². The van der Waals surface area contributed by atoms with E-state index in [1.54, 1.807) is 6.92 Å². The third-order valence-corrected chi connectivity index (χ3v) is 6.19. The van der Waals surface area contributed by atoms with Crippen molar-refractivity contribution in [3.05, 3.63) is 64.7 Å². The molecule has 1 aliphatic heterocycles. The van der Waals surface area contributed by atoms with Crippen LogP contribution in [0.5, 0.6) is 0 Å². The van der Waals surface area contributed by atoms with Crippen LogP contribution in [0.25, 0.3) is 0 Å². The summed E-state index contributed by atoms with van der Waals surface area (Å²) < 4.78 is 0. The van der Waals surface area contributed by atoms with Gasteiger partial charge in [0, 0.05) is 12.7 Å². The van der Waals surface area contributed by atoms with Crippen molar-refractivity contribution in [2.45, 2.75) is 46.1 Å². The second-order valence-electron chi connectivity index (χ2n) is 8.96. The Morgan fingerprint density at radius 3 is 2.26 bits per heavy atom. The largest absolute Gasteiger partial charge is 0.335 e. The molecule has 2 aromatic carbocycles. The van der Waals surface area contributed by atoms with Gasteiger partial charge in [0.25, 0.3) is 5.91 Å². The second kappa shape index (κ2) is 10.1. The Balaban J connectivity index is 1.64. The molecule has 0 saturated carbocycles. The quantitative estimate of drug-likeness (QED) is 0.587. The fourth-order valence-electron chi connectivity index (χ4n) is 4.08. The molecule has 2 N–H and O–H groups in total. The minimum Gasteiger partial charge on any atom is -0.335 e. The number of urea groups is 1. The Hall–Kier alpha value is -3.68. The van der Waals surface area contributed by atoms with E-state index in [9.17, 15) is 19.2 Å². The number of benzene rings is 2. The number of nitrogens with zero attached hydrogens (tertiary/aromatic N) is 2. The van der Waals surface area contributed by atoms with E-state index >= 15 is 0 Å². The van der Waals surface area contributed by atoms with Crippen LogP contribution in [0.3, 0.4) is 0 Å². The van der Waals surface area contributed by atoms with Crippen LogP contribution in [0, 0.1) is 13.8 Å². The molecule has 8 heteroatoms. The lowest BCUT2D eigenvalue weighted by Gasteiger charge is -2.23. The maximum absolute atomic E-state index is 13.1. The Morgan fingerprint density at radius 2 is 1.68 bits per heavy atom. The first-order valence-electron chi connectivity index (χ1n) is 11.4. The van der Waals surface area contributed by atoms with Crippen molar-refractivity contribution in [3.8, 4) is 0 Å². The van der Waals surface area contributed by atoms with E-state index in [2.05, 4.69) is 17.6 Å². The van der Waals surface area contributed by atoms with Gasteiger partial charge in [-0.25, -0.2) is 4.79 Å². The van der Waals surface area contributed by atoms with Crippen molar-refractivity contribution >= 4 is 29.4 Å². The average molecular weight is 465 g/mol. The van der Waals surface area contributed by atoms with Gasteiger partial charge in [0.2, 0.25) is 11.8 Å². The normalized spacial score (nSPS) is 17.5. The molecule has 5 amide bonds. The Labute approximate surface area is 200 Å². The van der Waals surface area contributed by atoms with Crippen LogP contribution in [0.15, 0.2) is 42.5 Å². The van der Waals surface area contributed by atoms with Gasteiger partial charge in [-0.2, -0.15) is 0 Å². The van der Waals surface area contributed by atoms with Gasteiger partial charge >= 0.3 is 6.03 Å². The number of hydrogen-bond acceptors (Lipinski definition) is 4. The number of carbonyl (C=O) groups excluding carboxylic acids is 4. The minimum absolute atomic E-state index is 0.202. The second-order valence-corrected chi connectivity index (χ2v) is 8.96. The van der Waals surface area contributed by atoms with Gasteiger partial charge in [0.1, 0.15) is 12.1 Å². The average Bonchev–Trinajstić information content (AvgIpc) is 3.00. The summed E-state index contributed by atoms with van der Waals surface area (Å²) in [6, 6.07) is 12.6. The molecule has 1 fully saturated rings. The van der Waals surface area contributed by atoms with Gasteiger partial charge in [0.05, 0.1) is 6.54 Å². The first-order valence-corrected chi connectivity index (χ1v) is 11.4. The maximum Gasteiger partial charge on any atom is 0.325 e. The summed E-state index contributed by atoms with van der Waals surface area (Å²) in [5, 5.41) is 5.55. The molecule has 2 aromatic rings. The highest BCUT2D eigenvalue weighted by Gasteiger charge is 2.49. The number of anilines is 1. The highest BCUT2D eigenvalue weighted by Crippen LogP contribution is 2.29. The van der Waals surface area contributed by atoms with E-state index in [-0.39, 0.29) is 12.5 Å². The molecule has 0 aromatic heterocycles. The fraction of sp³-hybridized carbons (Fsp3) is 0.385. The summed E-state index contributed by atoms with van der Waals surface area (Å²) >= 11 is 0. The molecule has 0 bridgehead atoms. The molecule has 1 unspecified atom stereocenters. The molecule has 1 heterocycles. The summed E-state index contributed by atoms with van der Waals surface area (Å²) in [4.78, 5) is 53.1. The molecule has 1 aliphatic rings. The highest BCUT2D eigenvalue weighted by molar-refractivity contribution is 6.09. The molecule has 34 heavy (non-hydrogen) atoms. The molecule has 180 valence electrons. The van der Waals surface area contributed by atoms with Gasteiger partial charge in [-0.15, -0.1) is 0 Å². The number of amides is 5. The molecule has 1 saturated heterocycles. The van der Waals surface area contributed by atoms with E-state index in [0.717, 1.165) is 34.4 Å². The molecular weight excluding hydrogens is 432 g/mol. The van der Waals surface area contributed by atoms with Crippen molar-refractivity contribution in [3.63, 3.8) is 0 Å². The van der Waals surface area contributed by atoms with Crippen LogP contribution in [0.1, 0.15) is 42.5 Å². The van der Waals surface area contributed by atoms with Gasteiger partial charge < -0.3 is 15.5 Å². The predicted molar refractivity (Wildman–Crippen MR) is 130 cm³/mol. The van der Waals surface area contributed by atoms with E-state index in [1.165, 1.54) is 11.9 Å². The molecule has 1 atom stereocenters. The van der Waals surface area contributed by atoms with Crippen molar-refractivity contribution in [2.75, 3.05) is 25.5 Å². The SMILES string of the molecule is CCCc1ccc(C2(C)NC(=O)N(CC(=O)N(C)CC(=O)Nc3c(C)cccc3C)C2=O)cc1. The standard InChI is InChI=1S/C26H32N4O4/c1-6-8-19-11-13-20(14-12-19)26(4)24(33)30(25(34)28-26)16-22(32)29(5)15-21(31)27-23-17(2)9-7-10-18(23)3/h7,9-14H,6,8,15-16H2,1-5H3,(H,27,31)(H,28,34). The smallest absolute Gasteiger partial charge is 0.325 e. The monoisotopic (exact) mass is 464 g/mol. The maximum atomic E-state index is 13.1. The number of rotatable bonds is 8. The number of hydrogen-bond donors (Lipinski definition) is 2. The minimum atomic E-state index is -1.25. The topological polar surface area (TPSA) is 98.8 Å². The van der Waals surface area contributed by atoms with E-state index in [1.807, 2.05) is 56.3 Å². The van der Waals surface area contributed by atoms with Crippen LogP contribution in [0.4, 0.5) is 10.5 Å². The number of carbonyl (C=O) groups is 4. The van der Waals surface area contributed by atoms with Gasteiger partial charge in [-0.1, -0.05) is 55.8 Å². The van der Waals surface area contributed by atoms with Gasteiger partial charge in [0.15, 0.2) is 0 Å². The lowest BCUT2D eigenvalue weighted by atomic mass is 9.91. The molecule has 0 radical (unpaired) electrons. The third-order valence-electron chi connectivity index (χ3n) is 6.19. The van der Waals surface area contributed by atoms with Crippen LogP contribution in [-0.2, 0) is 26.3 Å². The van der Waals surface area contributed by atoms with E-state index in [4.69, 9.17) is 0 Å². The molecule has 0 aliphatic carbocycles. The lowest BCUT2D eigenvalue weighted by Crippen LogP contribution is -2.45. The number of likely N-dealkylation sites (N-methyl/N-ethyl adjacent to an activating group) is 1. The third kappa shape index (κ3) is 5.11. The van der Waals surface area contributed by atoms with E-state index < -0.39 is 29.9 Å². The summed E-state index contributed by atoms with van der Waals surface area (Å²) in [6.07, 6.45) is 1.94. The zero-order valence-corrected chi connectivity index (χ0v) is 20.4. The zero-order valence-electron chi connectivity index (χ0n) is 20.4. The molecule has 8 nitrogen and oxygen atoms in total. The Morgan fingerprint density at radius 1 is 1.06 bits per heavy atom. The number of nitrogens with one attached hydrogen (secondary N) is 2. The summed E-state index contributed by atoms with van der Waals surface area (Å²) in [5.41, 5.74) is 3.11. The number of aryl methyl sites for hydroxylation is 3. The summed E-state index contributed by atoms with van der Waals surface area (Å²) in [5.74, 6) is -1.37. The lowest BCUT2D eigenvalue weighted by molar-refractivity contribution is -0.139. The van der Waals surface area contributed by atoms with Gasteiger partial charge in [-0.05, 0) is 49.4 Å². The van der Waals surface area contributed by atoms with Crippen LogP contribution >= 0.6 is 0 Å². The van der Waals surface area contributed by atoms with Gasteiger partial charge in [-0.3, -0.25) is 19.3 Å². The van der Waals surface area contributed by atoms with Crippen molar-refractivity contribution < 1.29 is 19.2 Å². The predicted octanol–water partition coefficient (Wildman–Crippen LogP) is 3.12. The molecular formula is C26H32N4O4. The Kier molecular flexibility index (Phi) is 7.39. The fourth-order valence-corrected chi connectivity index (χ4v) is 4.08. The first-order chi connectivity index (χ1) is 16.1. The molecule has 3 rings (SSSR count). The zero-order chi connectivity index (χ0) is 25.0. The summed E-state index contributed by atoms with van der Waals surface area (Å²) in [7, 11) is 1.47. The van der Waals surface area contributed by atoms with Crippen molar-refractivity contribution in [2.24, 2.45) is 0 Å². The Bertz CT molecular complexity index is 1090. The van der Waals surface area contributed by atoms with E-state index in [0.29, 0.717) is 11.3 Å². The molecule has 0 spiro atoms. The first kappa shape index (κ1) is 25.0. The highest BCUT2D eigenvalue weighted by atomic mass is 16.2. The van der Waals surface area contributed by atoms with Crippen LogP contribution in [-0.4, -0.2) is 53.7 Å². The number of para-hydroxylation sites is 1. The van der Waals surface area contributed by atoms with Crippen molar-refractivity contribution in [1.29, 1.82) is 0 Å². The van der Waals surface area contributed by atoms with Crippen molar-refractivity contribution in [1.82, 2.24) is 15.1 Å². The van der Waals surface area contributed by atoms with Crippen LogP contribution in [0.2, 0.25) is 0 Å². The number of imide groups is 1. The summed E-state index contributed by atoms with van der Waals surface area (Å²) in [6.45, 7) is 6.87.